The summed E-state index contributed by atoms with van der Waals surface area (Å²) in [6.07, 6.45) is 0.729. The minimum atomic E-state index is -1.68. The van der Waals surface area contributed by atoms with Crippen LogP contribution in [0.1, 0.15) is 37.8 Å². The van der Waals surface area contributed by atoms with Gasteiger partial charge >= 0.3 is 0 Å². The van der Waals surface area contributed by atoms with E-state index in [1.807, 2.05) is 13.8 Å². The number of rotatable bonds is 3. The first-order valence-corrected chi connectivity index (χ1v) is 11.8. The van der Waals surface area contributed by atoms with Crippen LogP contribution in [0, 0.1) is 22.6 Å². The average molecular weight is 486 g/mol. The van der Waals surface area contributed by atoms with Crippen LogP contribution in [-0.4, -0.2) is 35.8 Å². The number of nitrogens with two attached hydrogens (primary N) is 1. The number of hydrogen-bond donors (Lipinski definition) is 1. The lowest BCUT2D eigenvalue weighted by molar-refractivity contribution is -0.126. The number of hydrazine groups is 1. The zero-order valence-electron chi connectivity index (χ0n) is 20.8. The van der Waals surface area contributed by atoms with Crippen LogP contribution in [0.15, 0.2) is 71.2 Å². The fraction of sp³-hybridized carbons (Fsp3) is 0.321. The van der Waals surface area contributed by atoms with Gasteiger partial charge in [-0.3, -0.25) is 14.6 Å². The van der Waals surface area contributed by atoms with Crippen molar-refractivity contribution in [3.63, 3.8) is 0 Å². The number of carbonyl (C=O) groups excluding carboxylic acids is 2. The van der Waals surface area contributed by atoms with Gasteiger partial charge in [0.1, 0.15) is 23.1 Å². The second kappa shape index (κ2) is 8.04. The SMILES string of the molecule is CN(C)N1C(N)=C(C#N)[C@@]2(C(=O)N(Cc3ccccc3F)c3ccccc32)C2=C1CC(C)(C)CC2=O. The number of carbonyl (C=O) groups is 2. The summed E-state index contributed by atoms with van der Waals surface area (Å²) in [5.74, 6) is -0.977. The maximum atomic E-state index is 14.6. The van der Waals surface area contributed by atoms with Crippen molar-refractivity contribution in [1.82, 2.24) is 10.0 Å². The van der Waals surface area contributed by atoms with Crippen molar-refractivity contribution in [1.29, 1.82) is 5.26 Å². The maximum absolute atomic E-state index is 14.6. The van der Waals surface area contributed by atoms with Crippen molar-refractivity contribution in [3.05, 3.63) is 88.1 Å². The van der Waals surface area contributed by atoms with Gasteiger partial charge in [0.05, 0.1) is 12.1 Å². The molecule has 0 fully saturated rings. The van der Waals surface area contributed by atoms with E-state index in [4.69, 9.17) is 5.73 Å². The highest BCUT2D eigenvalue weighted by Gasteiger charge is 2.63. The Morgan fingerprint density at radius 3 is 2.42 bits per heavy atom. The van der Waals surface area contributed by atoms with E-state index < -0.39 is 17.1 Å². The van der Waals surface area contributed by atoms with Crippen molar-refractivity contribution in [2.45, 2.75) is 38.6 Å². The van der Waals surface area contributed by atoms with Gasteiger partial charge in [0.25, 0.3) is 0 Å². The molecule has 5 rings (SSSR count). The van der Waals surface area contributed by atoms with Gasteiger partial charge in [-0.25, -0.2) is 9.40 Å². The first-order valence-electron chi connectivity index (χ1n) is 11.8. The van der Waals surface area contributed by atoms with Crippen molar-refractivity contribution in [3.8, 4) is 6.07 Å². The average Bonchev–Trinajstić information content (AvgIpc) is 3.03. The van der Waals surface area contributed by atoms with Crippen molar-refractivity contribution in [2.24, 2.45) is 11.1 Å². The van der Waals surface area contributed by atoms with E-state index in [1.165, 1.54) is 11.0 Å². The number of fused-ring (bicyclic) bond motifs is 3. The number of Topliss-reactive ketones (excluding diaryl/α,β-unsaturated/α-hetero) is 1. The summed E-state index contributed by atoms with van der Waals surface area (Å²) in [4.78, 5) is 29.9. The Kier molecular flexibility index (Phi) is 5.31. The van der Waals surface area contributed by atoms with E-state index in [-0.39, 0.29) is 41.1 Å². The molecular weight excluding hydrogens is 457 g/mol. The van der Waals surface area contributed by atoms with E-state index >= 15 is 0 Å². The highest BCUT2D eigenvalue weighted by atomic mass is 19.1. The van der Waals surface area contributed by atoms with Crippen LogP contribution in [-0.2, 0) is 21.5 Å². The van der Waals surface area contributed by atoms with E-state index in [1.54, 1.807) is 66.6 Å². The summed E-state index contributed by atoms with van der Waals surface area (Å²) in [6, 6.07) is 15.6. The molecule has 1 spiro atoms. The number of allylic oxidation sites excluding steroid dienone is 1. The molecule has 8 heteroatoms. The van der Waals surface area contributed by atoms with Crippen molar-refractivity contribution in [2.75, 3.05) is 19.0 Å². The molecule has 0 aromatic heterocycles. The van der Waals surface area contributed by atoms with Crippen LogP contribution < -0.4 is 10.6 Å². The molecular formula is C28H28FN5O2. The summed E-state index contributed by atoms with van der Waals surface area (Å²) in [5.41, 5.74) is 6.90. The van der Waals surface area contributed by atoms with Gasteiger partial charge in [0.2, 0.25) is 5.91 Å². The Bertz CT molecular complexity index is 1420. The van der Waals surface area contributed by atoms with E-state index in [2.05, 4.69) is 6.07 Å². The molecule has 0 saturated carbocycles. The predicted molar refractivity (Wildman–Crippen MR) is 133 cm³/mol. The highest BCUT2D eigenvalue weighted by Crippen LogP contribution is 2.58. The molecule has 0 saturated heterocycles. The van der Waals surface area contributed by atoms with Crippen LogP contribution in [0.5, 0.6) is 0 Å². The summed E-state index contributed by atoms with van der Waals surface area (Å²) in [6.45, 7) is 3.97. The Morgan fingerprint density at radius 2 is 1.75 bits per heavy atom. The number of benzene rings is 2. The van der Waals surface area contributed by atoms with Gasteiger partial charge in [-0.1, -0.05) is 50.2 Å². The zero-order chi connectivity index (χ0) is 26.0. The lowest BCUT2D eigenvalue weighted by atomic mass is 9.61. The minimum absolute atomic E-state index is 0.0106. The van der Waals surface area contributed by atoms with Gasteiger partial charge in [-0.15, -0.1) is 0 Å². The summed E-state index contributed by atoms with van der Waals surface area (Å²) in [7, 11) is 3.57. The third kappa shape index (κ3) is 3.12. The molecule has 2 aliphatic heterocycles. The van der Waals surface area contributed by atoms with E-state index in [0.29, 0.717) is 28.9 Å². The summed E-state index contributed by atoms with van der Waals surface area (Å²) >= 11 is 0. The molecule has 2 heterocycles. The number of hydrogen-bond acceptors (Lipinski definition) is 6. The molecule has 184 valence electrons. The predicted octanol–water partition coefficient (Wildman–Crippen LogP) is 3.74. The number of nitrogens with zero attached hydrogens (tertiary/aromatic N) is 4. The lowest BCUT2D eigenvalue weighted by Crippen LogP contribution is -2.55. The molecule has 2 N–H and O–H groups in total. The third-order valence-corrected chi connectivity index (χ3v) is 7.31. The lowest BCUT2D eigenvalue weighted by Gasteiger charge is -2.48. The third-order valence-electron chi connectivity index (χ3n) is 7.31. The van der Waals surface area contributed by atoms with Gasteiger partial charge in [0, 0.05) is 48.6 Å². The van der Waals surface area contributed by atoms with Gasteiger partial charge < -0.3 is 10.6 Å². The number of ketones is 1. The Balaban J connectivity index is 1.83. The quantitative estimate of drug-likeness (QED) is 0.712. The molecule has 0 bridgehead atoms. The Labute approximate surface area is 209 Å². The molecule has 1 aliphatic carbocycles. The second-order valence-corrected chi connectivity index (χ2v) is 10.5. The first-order chi connectivity index (χ1) is 17.0. The number of halogens is 1. The monoisotopic (exact) mass is 485 g/mol. The van der Waals surface area contributed by atoms with Crippen LogP contribution in [0.2, 0.25) is 0 Å². The summed E-state index contributed by atoms with van der Waals surface area (Å²) in [5, 5.41) is 13.8. The fourth-order valence-corrected chi connectivity index (χ4v) is 5.95. The van der Waals surface area contributed by atoms with Gasteiger partial charge in [-0.05, 0) is 24.0 Å². The molecule has 7 nitrogen and oxygen atoms in total. The molecule has 1 amide bonds. The van der Waals surface area contributed by atoms with E-state index in [9.17, 15) is 19.2 Å². The maximum Gasteiger partial charge on any atom is 0.248 e. The fourth-order valence-electron chi connectivity index (χ4n) is 5.95. The largest absolute Gasteiger partial charge is 0.383 e. The Hall–Kier alpha value is -3.96. The normalized spacial score (nSPS) is 22.9. The molecule has 1 atom stereocenters. The van der Waals surface area contributed by atoms with Crippen molar-refractivity contribution < 1.29 is 14.0 Å². The van der Waals surface area contributed by atoms with E-state index in [0.717, 1.165) is 0 Å². The topological polar surface area (TPSA) is 93.7 Å². The molecule has 2 aromatic rings. The number of nitriles is 1. The smallest absolute Gasteiger partial charge is 0.248 e. The molecule has 0 radical (unpaired) electrons. The molecule has 0 unspecified atom stereocenters. The van der Waals surface area contributed by atoms with Gasteiger partial charge in [-0.2, -0.15) is 5.26 Å². The van der Waals surface area contributed by atoms with Crippen LogP contribution >= 0.6 is 0 Å². The highest BCUT2D eigenvalue weighted by molar-refractivity contribution is 6.20. The molecule has 36 heavy (non-hydrogen) atoms. The minimum Gasteiger partial charge on any atom is -0.383 e. The first kappa shape index (κ1) is 23.8. The van der Waals surface area contributed by atoms with Crippen LogP contribution in [0.3, 0.4) is 0 Å². The van der Waals surface area contributed by atoms with Gasteiger partial charge in [0.15, 0.2) is 5.78 Å². The number of anilines is 1. The second-order valence-electron chi connectivity index (χ2n) is 10.5. The Morgan fingerprint density at radius 1 is 1.08 bits per heavy atom. The number of para-hydroxylation sites is 1. The zero-order valence-corrected chi connectivity index (χ0v) is 20.8. The van der Waals surface area contributed by atoms with Crippen LogP contribution in [0.25, 0.3) is 0 Å². The summed E-state index contributed by atoms with van der Waals surface area (Å²) < 4.78 is 14.6. The van der Waals surface area contributed by atoms with Crippen molar-refractivity contribution >= 4 is 17.4 Å². The van der Waals surface area contributed by atoms with Crippen LogP contribution in [0.4, 0.5) is 10.1 Å². The molecule has 3 aliphatic rings. The molecule has 2 aromatic carbocycles. The standard InChI is InChI=1S/C28H28FN5O2/c1-27(2)13-22-24(23(35)14-27)28(19(15-30)25(31)34(22)32(3)4)18-10-6-8-12-21(18)33(26(28)36)16-17-9-5-7-11-20(17)29/h5-12H,13-14,16,31H2,1-4H3/t28-/m1/s1. The number of amides is 1.